The van der Waals surface area contributed by atoms with Crippen LogP contribution in [0.5, 0.6) is 0 Å². The van der Waals surface area contributed by atoms with Crippen molar-refractivity contribution in [1.82, 2.24) is 10.6 Å². The molecule has 2 amide bonds. The van der Waals surface area contributed by atoms with Crippen LogP contribution in [0.3, 0.4) is 0 Å². The van der Waals surface area contributed by atoms with E-state index in [1.54, 1.807) is 0 Å². The first-order chi connectivity index (χ1) is 7.31. The summed E-state index contributed by atoms with van der Waals surface area (Å²) in [6.07, 6.45) is -3.16. The number of carbonyl (C=O) groups is 1. The highest BCUT2D eigenvalue weighted by atomic mass is 19.4. The first-order valence-corrected chi connectivity index (χ1v) is 5.12. The first kappa shape index (κ1) is 13.1. The van der Waals surface area contributed by atoms with Crippen LogP contribution in [0, 0.1) is 0 Å². The third kappa shape index (κ3) is 4.69. The topological polar surface area (TPSA) is 61.4 Å². The van der Waals surface area contributed by atoms with Crippen molar-refractivity contribution in [3.05, 3.63) is 0 Å². The Balaban J connectivity index is 2.07. The minimum atomic E-state index is -4.26. The Hall–Kier alpha value is -0.980. The van der Waals surface area contributed by atoms with Gasteiger partial charge in [0.25, 0.3) is 0 Å². The van der Waals surface area contributed by atoms with E-state index in [0.29, 0.717) is 12.8 Å². The highest BCUT2D eigenvalue weighted by molar-refractivity contribution is 5.73. The molecule has 0 spiro atoms. The van der Waals surface area contributed by atoms with Gasteiger partial charge in [-0.25, -0.2) is 4.79 Å². The summed E-state index contributed by atoms with van der Waals surface area (Å²) >= 11 is 0. The van der Waals surface area contributed by atoms with Crippen molar-refractivity contribution in [1.29, 1.82) is 0 Å². The van der Waals surface area contributed by atoms with Gasteiger partial charge in [0.05, 0.1) is 12.0 Å². The normalized spacial score (nSPS) is 18.8. The van der Waals surface area contributed by atoms with E-state index < -0.39 is 30.8 Å². The number of halogens is 3. The lowest BCUT2D eigenvalue weighted by atomic mass is 9.80. The van der Waals surface area contributed by atoms with Crippen molar-refractivity contribution in [2.45, 2.75) is 37.5 Å². The second kappa shape index (κ2) is 4.90. The van der Waals surface area contributed by atoms with Crippen LogP contribution in [0.4, 0.5) is 18.0 Å². The number of alkyl halides is 3. The monoisotopic (exact) mass is 240 g/mol. The fourth-order valence-corrected chi connectivity index (χ4v) is 1.39. The summed E-state index contributed by atoms with van der Waals surface area (Å²) in [6.45, 7) is -0.362. The maximum Gasteiger partial charge on any atom is 0.390 e. The summed E-state index contributed by atoms with van der Waals surface area (Å²) < 4.78 is 35.2. The third-order valence-corrected chi connectivity index (χ3v) is 2.56. The van der Waals surface area contributed by atoms with Crippen LogP contribution in [0.1, 0.15) is 25.7 Å². The molecular formula is C9H15F3N2O2. The van der Waals surface area contributed by atoms with Gasteiger partial charge >= 0.3 is 12.2 Å². The van der Waals surface area contributed by atoms with E-state index >= 15 is 0 Å². The van der Waals surface area contributed by atoms with E-state index in [2.05, 4.69) is 10.6 Å². The molecule has 4 nitrogen and oxygen atoms in total. The molecule has 7 heteroatoms. The molecule has 1 saturated carbocycles. The SMILES string of the molecule is O=C(NCCC(F)(F)F)NCC1(O)CCC1. The second-order valence-corrected chi connectivity index (χ2v) is 4.05. The van der Waals surface area contributed by atoms with Gasteiger partial charge in [-0.15, -0.1) is 0 Å². The van der Waals surface area contributed by atoms with Crippen molar-refractivity contribution in [3.8, 4) is 0 Å². The number of hydrogen-bond acceptors (Lipinski definition) is 2. The number of urea groups is 1. The van der Waals surface area contributed by atoms with Crippen molar-refractivity contribution in [3.63, 3.8) is 0 Å². The quantitative estimate of drug-likeness (QED) is 0.690. The fraction of sp³-hybridized carbons (Fsp3) is 0.889. The molecule has 0 radical (unpaired) electrons. The Bertz CT molecular complexity index is 252. The summed E-state index contributed by atoms with van der Waals surface area (Å²) in [7, 11) is 0. The summed E-state index contributed by atoms with van der Waals surface area (Å²) in [5, 5.41) is 14.0. The van der Waals surface area contributed by atoms with Crippen LogP contribution in [-0.2, 0) is 0 Å². The summed E-state index contributed by atoms with van der Waals surface area (Å²) in [5.74, 6) is 0. The van der Waals surface area contributed by atoms with Crippen LogP contribution >= 0.6 is 0 Å². The molecule has 0 saturated heterocycles. The Morgan fingerprint density at radius 2 is 1.94 bits per heavy atom. The molecule has 0 unspecified atom stereocenters. The van der Waals surface area contributed by atoms with Gasteiger partial charge in [0.15, 0.2) is 0 Å². The molecule has 1 aliphatic carbocycles. The number of hydrogen-bond donors (Lipinski definition) is 3. The molecule has 0 heterocycles. The van der Waals surface area contributed by atoms with Crippen molar-refractivity contribution >= 4 is 6.03 Å². The number of amides is 2. The minimum absolute atomic E-state index is 0.0881. The van der Waals surface area contributed by atoms with Gasteiger partial charge in [0, 0.05) is 13.1 Å². The summed E-state index contributed by atoms with van der Waals surface area (Å²) in [6, 6.07) is -0.676. The molecule has 16 heavy (non-hydrogen) atoms. The molecule has 1 fully saturated rings. The average molecular weight is 240 g/mol. The van der Waals surface area contributed by atoms with Crippen LogP contribution in [0.25, 0.3) is 0 Å². The third-order valence-electron chi connectivity index (χ3n) is 2.56. The zero-order valence-corrected chi connectivity index (χ0v) is 8.73. The largest absolute Gasteiger partial charge is 0.390 e. The van der Waals surface area contributed by atoms with Gasteiger partial charge in [-0.3, -0.25) is 0 Å². The van der Waals surface area contributed by atoms with E-state index in [4.69, 9.17) is 0 Å². The zero-order chi connectivity index (χ0) is 12.2. The van der Waals surface area contributed by atoms with E-state index in [-0.39, 0.29) is 6.54 Å². The van der Waals surface area contributed by atoms with Gasteiger partial charge in [0.1, 0.15) is 0 Å². The molecule has 0 aliphatic heterocycles. The number of carbonyl (C=O) groups excluding carboxylic acids is 1. The van der Waals surface area contributed by atoms with Gasteiger partial charge in [0.2, 0.25) is 0 Å². The molecule has 0 aromatic heterocycles. The molecule has 94 valence electrons. The summed E-state index contributed by atoms with van der Waals surface area (Å²) in [4.78, 5) is 11.0. The Labute approximate surface area is 91.2 Å². The maximum absolute atomic E-state index is 11.7. The lowest BCUT2D eigenvalue weighted by molar-refractivity contribution is -0.132. The molecule has 1 rings (SSSR count). The Kier molecular flexibility index (Phi) is 4.01. The highest BCUT2D eigenvalue weighted by Gasteiger charge is 2.34. The fourth-order valence-electron chi connectivity index (χ4n) is 1.39. The molecule has 0 atom stereocenters. The lowest BCUT2D eigenvalue weighted by Gasteiger charge is -2.36. The summed E-state index contributed by atoms with van der Waals surface area (Å²) in [5.41, 5.74) is -0.860. The predicted molar refractivity (Wildman–Crippen MR) is 50.9 cm³/mol. The van der Waals surface area contributed by atoms with E-state index in [1.807, 2.05) is 0 Å². The minimum Gasteiger partial charge on any atom is -0.388 e. The van der Waals surface area contributed by atoms with Gasteiger partial charge in [-0.05, 0) is 19.3 Å². The van der Waals surface area contributed by atoms with Crippen molar-refractivity contribution < 1.29 is 23.1 Å². The smallest absolute Gasteiger partial charge is 0.388 e. The van der Waals surface area contributed by atoms with Crippen molar-refractivity contribution in [2.75, 3.05) is 13.1 Å². The Morgan fingerprint density at radius 1 is 1.31 bits per heavy atom. The molecule has 0 bridgehead atoms. The van der Waals surface area contributed by atoms with Crippen molar-refractivity contribution in [2.24, 2.45) is 0 Å². The van der Waals surface area contributed by atoms with Gasteiger partial charge < -0.3 is 15.7 Å². The average Bonchev–Trinajstić information content (AvgIpc) is 2.09. The van der Waals surface area contributed by atoms with Crippen LogP contribution in [-0.4, -0.2) is 36.0 Å². The Morgan fingerprint density at radius 3 is 2.38 bits per heavy atom. The van der Waals surface area contributed by atoms with E-state index in [0.717, 1.165) is 6.42 Å². The molecule has 0 aromatic carbocycles. The van der Waals surface area contributed by atoms with Gasteiger partial charge in [-0.1, -0.05) is 0 Å². The van der Waals surface area contributed by atoms with Gasteiger partial charge in [-0.2, -0.15) is 13.2 Å². The van der Waals surface area contributed by atoms with Crippen LogP contribution in [0.2, 0.25) is 0 Å². The predicted octanol–water partition coefficient (Wildman–Crippen LogP) is 1.15. The molecule has 0 aromatic rings. The maximum atomic E-state index is 11.7. The zero-order valence-electron chi connectivity index (χ0n) is 8.73. The number of nitrogens with one attached hydrogen (secondary N) is 2. The first-order valence-electron chi connectivity index (χ1n) is 5.12. The second-order valence-electron chi connectivity index (χ2n) is 4.05. The van der Waals surface area contributed by atoms with Crippen LogP contribution in [0.15, 0.2) is 0 Å². The molecule has 1 aliphatic rings. The van der Waals surface area contributed by atoms with Crippen LogP contribution < -0.4 is 10.6 Å². The lowest BCUT2D eigenvalue weighted by Crippen LogP contribution is -2.50. The standard InChI is InChI=1S/C9H15F3N2O2/c10-9(11,12)4-5-13-7(15)14-6-8(16)2-1-3-8/h16H,1-6H2,(H2,13,14,15). The molecular weight excluding hydrogens is 225 g/mol. The molecule has 3 N–H and O–H groups in total. The number of aliphatic hydroxyl groups is 1. The number of rotatable bonds is 4. The highest BCUT2D eigenvalue weighted by Crippen LogP contribution is 2.30. The van der Waals surface area contributed by atoms with E-state index in [9.17, 15) is 23.1 Å². The van der Waals surface area contributed by atoms with E-state index in [1.165, 1.54) is 0 Å².